The van der Waals surface area contributed by atoms with Gasteiger partial charge in [0.1, 0.15) is 0 Å². The zero-order valence-electron chi connectivity index (χ0n) is 12.4. The van der Waals surface area contributed by atoms with Gasteiger partial charge in [-0.25, -0.2) is 4.39 Å². The molecule has 1 unspecified atom stereocenters. The number of ether oxygens (including phenoxy) is 2. The predicted octanol–water partition coefficient (Wildman–Crippen LogP) is 3.49. The van der Waals surface area contributed by atoms with E-state index in [1.807, 2.05) is 6.92 Å². The van der Waals surface area contributed by atoms with Crippen molar-refractivity contribution in [2.45, 2.75) is 39.5 Å². The molecule has 0 spiro atoms. The van der Waals surface area contributed by atoms with E-state index in [1.165, 1.54) is 18.2 Å². The highest BCUT2D eigenvalue weighted by molar-refractivity contribution is 5.79. The average Bonchev–Trinajstić information content (AvgIpc) is 2.46. The molecule has 1 aromatic rings. The summed E-state index contributed by atoms with van der Waals surface area (Å²) in [6.45, 7) is 4.43. The molecule has 0 radical (unpaired) electrons. The number of carbonyl (C=O) groups is 2. The number of carbonyl (C=O) groups excluding carboxylic acids is 2. The maximum atomic E-state index is 13.3. The van der Waals surface area contributed by atoms with Crippen LogP contribution in [0.4, 0.5) is 4.39 Å². The van der Waals surface area contributed by atoms with Gasteiger partial charge in [-0.1, -0.05) is 32.4 Å². The summed E-state index contributed by atoms with van der Waals surface area (Å²) >= 11 is 0. The Balaban J connectivity index is 2.27. The monoisotopic (exact) mass is 296 g/mol. The van der Waals surface area contributed by atoms with E-state index in [2.05, 4.69) is 6.92 Å². The van der Waals surface area contributed by atoms with Crippen LogP contribution in [0.15, 0.2) is 24.3 Å². The van der Waals surface area contributed by atoms with E-state index in [9.17, 15) is 14.0 Å². The Morgan fingerprint density at radius 2 is 1.86 bits per heavy atom. The Labute approximate surface area is 124 Å². The molecule has 1 atom stereocenters. The Hall–Kier alpha value is -1.91. The van der Waals surface area contributed by atoms with Crippen molar-refractivity contribution < 1.29 is 23.5 Å². The van der Waals surface area contributed by atoms with Gasteiger partial charge < -0.3 is 9.47 Å². The fourth-order valence-corrected chi connectivity index (χ4v) is 1.79. The highest BCUT2D eigenvalue weighted by Crippen LogP contribution is 2.16. The number of rotatable bonds is 8. The maximum Gasteiger partial charge on any atom is 0.311 e. The number of hydrogen-bond donors (Lipinski definition) is 0. The van der Waals surface area contributed by atoms with Crippen LogP contribution in [0.2, 0.25) is 0 Å². The van der Waals surface area contributed by atoms with Crippen molar-refractivity contribution in [2.24, 2.45) is 5.92 Å². The van der Waals surface area contributed by atoms with Crippen molar-refractivity contribution in [2.75, 3.05) is 6.61 Å². The Bertz CT molecular complexity index is 473. The van der Waals surface area contributed by atoms with Crippen molar-refractivity contribution >= 4 is 11.9 Å². The van der Waals surface area contributed by atoms with Gasteiger partial charge in [-0.3, -0.25) is 9.59 Å². The van der Waals surface area contributed by atoms with E-state index >= 15 is 0 Å². The predicted molar refractivity (Wildman–Crippen MR) is 76.3 cm³/mol. The lowest BCUT2D eigenvalue weighted by Gasteiger charge is -2.10. The van der Waals surface area contributed by atoms with Gasteiger partial charge in [0.05, 0.1) is 19.4 Å². The van der Waals surface area contributed by atoms with Crippen LogP contribution < -0.4 is 4.74 Å². The first-order valence-electron chi connectivity index (χ1n) is 7.13. The van der Waals surface area contributed by atoms with Crippen LogP contribution in [0.25, 0.3) is 0 Å². The third-order valence-corrected chi connectivity index (χ3v) is 2.90. The molecule has 0 fully saturated rings. The third kappa shape index (κ3) is 6.88. The molecule has 0 heterocycles. The minimum Gasteiger partial charge on any atom is -0.465 e. The van der Waals surface area contributed by atoms with Crippen LogP contribution in [0.3, 0.4) is 0 Å². The molecular formula is C16H21FO4. The topological polar surface area (TPSA) is 52.6 Å². The second-order valence-corrected chi connectivity index (χ2v) is 4.98. The molecule has 0 aromatic heterocycles. The summed E-state index contributed by atoms with van der Waals surface area (Å²) in [5.41, 5.74) is 0. The fourth-order valence-electron chi connectivity index (χ4n) is 1.79. The number of para-hydroxylation sites is 1. The van der Waals surface area contributed by atoms with Crippen LogP contribution in [0, 0.1) is 11.7 Å². The first-order valence-corrected chi connectivity index (χ1v) is 7.13. The van der Waals surface area contributed by atoms with Crippen LogP contribution in [0.1, 0.15) is 39.5 Å². The van der Waals surface area contributed by atoms with E-state index in [0.717, 1.165) is 12.8 Å². The normalized spacial score (nSPS) is 11.8. The van der Waals surface area contributed by atoms with Gasteiger partial charge >= 0.3 is 11.9 Å². The van der Waals surface area contributed by atoms with Crippen LogP contribution in [-0.4, -0.2) is 18.5 Å². The molecule has 0 aliphatic rings. The summed E-state index contributed by atoms with van der Waals surface area (Å²) in [5.74, 6) is -1.53. The number of halogens is 1. The van der Waals surface area contributed by atoms with Crippen molar-refractivity contribution in [1.82, 2.24) is 0 Å². The van der Waals surface area contributed by atoms with Crippen molar-refractivity contribution in [3.05, 3.63) is 30.1 Å². The average molecular weight is 296 g/mol. The molecule has 0 aliphatic carbocycles. The summed E-state index contributed by atoms with van der Waals surface area (Å²) in [6, 6.07) is 5.63. The van der Waals surface area contributed by atoms with Gasteiger partial charge in [0.25, 0.3) is 0 Å². The van der Waals surface area contributed by atoms with Gasteiger partial charge in [0, 0.05) is 0 Å². The first kappa shape index (κ1) is 17.1. The lowest BCUT2D eigenvalue weighted by molar-refractivity contribution is -0.148. The molecule has 0 N–H and O–H groups in total. The van der Waals surface area contributed by atoms with Crippen LogP contribution in [0.5, 0.6) is 5.75 Å². The SMILES string of the molecule is CCCC(C)COC(=O)CCC(=O)Oc1ccccc1F. The quantitative estimate of drug-likeness (QED) is 0.544. The number of esters is 2. The number of hydrogen-bond acceptors (Lipinski definition) is 4. The minimum absolute atomic E-state index is 0.0634. The summed E-state index contributed by atoms with van der Waals surface area (Å²) in [4.78, 5) is 23.0. The van der Waals surface area contributed by atoms with Crippen LogP contribution >= 0.6 is 0 Å². The molecule has 5 heteroatoms. The standard InChI is InChI=1S/C16H21FO4/c1-3-6-12(2)11-20-15(18)9-10-16(19)21-14-8-5-4-7-13(14)17/h4-5,7-8,12H,3,6,9-11H2,1-2H3. The second-order valence-electron chi connectivity index (χ2n) is 4.98. The smallest absolute Gasteiger partial charge is 0.311 e. The van der Waals surface area contributed by atoms with Crippen molar-refractivity contribution in [3.8, 4) is 5.75 Å². The molecule has 4 nitrogen and oxygen atoms in total. The lowest BCUT2D eigenvalue weighted by atomic mass is 10.1. The summed E-state index contributed by atoms with van der Waals surface area (Å²) in [5, 5.41) is 0. The van der Waals surface area contributed by atoms with Gasteiger partial charge in [0.15, 0.2) is 11.6 Å². The lowest BCUT2D eigenvalue weighted by Crippen LogP contribution is -2.15. The molecule has 0 saturated carbocycles. The van der Waals surface area contributed by atoms with Gasteiger partial charge in [-0.2, -0.15) is 0 Å². The Kier molecular flexibility index (Phi) is 7.43. The summed E-state index contributed by atoms with van der Waals surface area (Å²) in [7, 11) is 0. The molecule has 0 aliphatic heterocycles. The van der Waals surface area contributed by atoms with E-state index in [4.69, 9.17) is 9.47 Å². The summed E-state index contributed by atoms with van der Waals surface area (Å²) in [6.07, 6.45) is 1.83. The molecule has 0 saturated heterocycles. The summed E-state index contributed by atoms with van der Waals surface area (Å²) < 4.78 is 23.2. The molecule has 0 bridgehead atoms. The molecule has 0 amide bonds. The van der Waals surface area contributed by atoms with Crippen molar-refractivity contribution in [3.63, 3.8) is 0 Å². The van der Waals surface area contributed by atoms with Crippen molar-refractivity contribution in [1.29, 1.82) is 0 Å². The zero-order valence-corrected chi connectivity index (χ0v) is 12.4. The zero-order chi connectivity index (χ0) is 15.7. The van der Waals surface area contributed by atoms with Gasteiger partial charge in [-0.05, 0) is 24.5 Å². The Morgan fingerprint density at radius 1 is 1.19 bits per heavy atom. The molecule has 1 aromatic carbocycles. The van der Waals surface area contributed by atoms with E-state index < -0.39 is 17.8 Å². The van der Waals surface area contributed by atoms with Gasteiger partial charge in [-0.15, -0.1) is 0 Å². The van der Waals surface area contributed by atoms with E-state index in [0.29, 0.717) is 12.5 Å². The molecule has 116 valence electrons. The third-order valence-electron chi connectivity index (χ3n) is 2.90. The van der Waals surface area contributed by atoms with E-state index in [1.54, 1.807) is 6.07 Å². The second kappa shape index (κ2) is 9.10. The van der Waals surface area contributed by atoms with E-state index in [-0.39, 0.29) is 18.6 Å². The molecule has 1 rings (SSSR count). The highest BCUT2D eigenvalue weighted by atomic mass is 19.1. The minimum atomic E-state index is -0.654. The maximum absolute atomic E-state index is 13.3. The largest absolute Gasteiger partial charge is 0.465 e. The first-order chi connectivity index (χ1) is 10.0. The van der Waals surface area contributed by atoms with Crippen LogP contribution in [-0.2, 0) is 14.3 Å². The fraction of sp³-hybridized carbons (Fsp3) is 0.500. The Morgan fingerprint density at radius 3 is 2.52 bits per heavy atom. The highest BCUT2D eigenvalue weighted by Gasteiger charge is 2.13. The molecular weight excluding hydrogens is 275 g/mol. The number of benzene rings is 1. The van der Waals surface area contributed by atoms with Gasteiger partial charge in [0.2, 0.25) is 0 Å². The molecule has 21 heavy (non-hydrogen) atoms.